The maximum Gasteiger partial charge on any atom is 0.281 e. The Bertz CT molecular complexity index is 5330. The van der Waals surface area contributed by atoms with Gasteiger partial charge in [-0.3, -0.25) is 40.4 Å². The van der Waals surface area contributed by atoms with Crippen LogP contribution in [0, 0.1) is 82.0 Å². The molecule has 0 spiro atoms. The van der Waals surface area contributed by atoms with Crippen LogP contribution in [0.3, 0.4) is 0 Å². The van der Waals surface area contributed by atoms with Gasteiger partial charge >= 0.3 is 0 Å². The molecule has 0 bridgehead atoms. The SMILES string of the molecule is CC1(n2c(NC(=O)CC3CC(F)(F)C3(C)F)nc3cc(F)c(Cl)cc32)CCC1.CC1(n2c(NC(=O)CC3CC(F)(F)C3(C)F)nc3cc(F)cc(C#N)c32)CCC1.CC1(n2c(NC(=O)CC3CC(F)(F)C3(C)F)nc3cc(F)cc(C#N)c32)CCC1.[C-]#[N+]c1cc(F)c2nc(NC(=O)CC3CC(F)(F)C3(C)F)n(C3(C)CCC3)c2c1F. The molecule has 19 nitrogen and oxygen atoms in total. The molecule has 0 saturated heterocycles. The van der Waals surface area contributed by atoms with Crippen molar-refractivity contribution >= 4 is 109 Å². The van der Waals surface area contributed by atoms with E-state index in [-0.39, 0.29) is 74.0 Å². The average molecular weight is 1660 g/mol. The second kappa shape index (κ2) is 28.8. The molecule has 8 aliphatic carbocycles. The summed E-state index contributed by atoms with van der Waals surface area (Å²) in [6.07, 6.45) is 5.23. The summed E-state index contributed by atoms with van der Waals surface area (Å²) in [6, 6.07) is 11.9. The van der Waals surface area contributed by atoms with Crippen molar-refractivity contribution < 1.29 is 93.8 Å². The maximum atomic E-state index is 14.9. The van der Waals surface area contributed by atoms with Crippen LogP contribution in [-0.4, -0.2) is 108 Å². The average Bonchev–Trinajstić information content (AvgIpc) is 1.63. The van der Waals surface area contributed by atoms with Crippen LogP contribution in [-0.2, 0) is 41.3 Å². The number of nitrogens with zero attached hydrogens (tertiary/aromatic N) is 11. The standard InChI is InChI=1S/C20H19F5N4O.2C20H20F4N4O.C19H20ClF4N3O/c1-18(5-4-6-18)29-16-14(22)12(26-3)8-11(21)15(16)28-17(29)27-13(30)7-10-9-20(24,25)19(10,2)23;2*1-18(4-3-5-18)28-16-11(10-25)6-13(21)8-14(16)26-17(28)27-15(29)7-12-9-20(23,24)19(12,2)22;1-17(4-3-5-17)27-14-7-11(20)12(21)8-13(14)25-16(27)26-15(28)6-10-9-19(23,24)18(10,2)22/h8,10H,4-7,9H2,1-2H3,(H,27,28,30);2*6,8,12H,3-5,7,9H2,1-2H3,(H,26,27,29);7-8,10H,3-6,9H2,1-2H3,(H,25,26,28). The fraction of sp³-hybridized carbons (Fsp3) is 0.557. The number of hydrogen-bond acceptors (Lipinski definition) is 10. The Morgan fingerprint density at radius 2 is 0.741 bits per heavy atom. The summed E-state index contributed by atoms with van der Waals surface area (Å²) in [5.74, 6) is -24.4. The highest BCUT2D eigenvalue weighted by atomic mass is 35.5. The molecular weight excluding hydrogens is 1580 g/mol. The second-order valence-electron chi connectivity index (χ2n) is 33.8. The first-order valence-corrected chi connectivity index (χ1v) is 38.1. The zero-order chi connectivity index (χ0) is 84.9. The summed E-state index contributed by atoms with van der Waals surface area (Å²) in [4.78, 5) is 69.8. The summed E-state index contributed by atoms with van der Waals surface area (Å²) in [5, 5.41) is 29.0. The highest BCUT2D eigenvalue weighted by molar-refractivity contribution is 6.31. The van der Waals surface area contributed by atoms with Crippen molar-refractivity contribution in [2.24, 2.45) is 23.7 Å². The maximum absolute atomic E-state index is 14.9. The summed E-state index contributed by atoms with van der Waals surface area (Å²) >= 11 is 5.92. The van der Waals surface area contributed by atoms with Gasteiger partial charge in [0.1, 0.15) is 40.9 Å². The highest BCUT2D eigenvalue weighted by Gasteiger charge is 2.70. The molecule has 0 radical (unpaired) electrons. The molecule has 8 aliphatic rings. The Morgan fingerprint density at radius 3 is 1.03 bits per heavy atom. The molecule has 16 rings (SSSR count). The molecule has 8 aromatic rings. The normalized spacial score (nSPS) is 27.1. The number of aromatic nitrogens is 8. The van der Waals surface area contributed by atoms with Crippen LogP contribution in [0.2, 0.25) is 5.02 Å². The van der Waals surface area contributed by atoms with Crippen molar-refractivity contribution in [3.05, 3.63) is 99.1 Å². The minimum Gasteiger partial charge on any atom is -0.304 e. The minimum atomic E-state index is -3.49. The van der Waals surface area contributed by atoms with Crippen LogP contribution in [0.25, 0.3) is 49.0 Å². The van der Waals surface area contributed by atoms with Gasteiger partial charge in [0, 0.05) is 115 Å². The van der Waals surface area contributed by atoms with Gasteiger partial charge in [0.2, 0.25) is 53.1 Å². The van der Waals surface area contributed by atoms with Crippen molar-refractivity contribution in [1.82, 2.24) is 38.2 Å². The molecule has 8 atom stereocenters. The molecule has 4 heterocycles. The Balaban J connectivity index is 0.000000135. The van der Waals surface area contributed by atoms with Gasteiger partial charge in [0.15, 0.2) is 28.5 Å². The number of carbonyl (C=O) groups is 4. The number of imidazole rings is 4. The Kier molecular flexibility index (Phi) is 20.9. The quantitative estimate of drug-likeness (QED) is 0.0527. The van der Waals surface area contributed by atoms with Gasteiger partial charge in [0.05, 0.1) is 61.3 Å². The first-order chi connectivity index (χ1) is 53.8. The highest BCUT2D eigenvalue weighted by Crippen LogP contribution is 2.60. The molecule has 37 heteroatoms. The van der Waals surface area contributed by atoms with Gasteiger partial charge in [-0.05, 0) is 157 Å². The lowest BCUT2D eigenvalue weighted by molar-refractivity contribution is -0.242. The van der Waals surface area contributed by atoms with Crippen LogP contribution in [0.4, 0.5) is 104 Å². The van der Waals surface area contributed by atoms with E-state index in [4.69, 9.17) is 18.2 Å². The third-order valence-electron chi connectivity index (χ3n) is 25.8. The van der Waals surface area contributed by atoms with E-state index < -0.39 is 190 Å². The number of anilines is 4. The third-order valence-corrected chi connectivity index (χ3v) is 26.1. The first kappa shape index (κ1) is 84.1. The number of carbonyl (C=O) groups excluding carboxylic acids is 4. The summed E-state index contributed by atoms with van der Waals surface area (Å²) in [7, 11) is 0. The fourth-order valence-electron chi connectivity index (χ4n) is 17.1. The Hall–Kier alpha value is -9.79. The number of nitriles is 2. The van der Waals surface area contributed by atoms with Crippen molar-refractivity contribution in [3.63, 3.8) is 0 Å². The van der Waals surface area contributed by atoms with E-state index in [1.54, 1.807) is 20.6 Å². The minimum absolute atomic E-state index is 0.0562. The van der Waals surface area contributed by atoms with Gasteiger partial charge in [-0.25, -0.2) is 99.4 Å². The number of hydrogen-bond donors (Lipinski definition) is 4. The molecular formula is C79H79ClF17N15O4. The van der Waals surface area contributed by atoms with E-state index in [1.807, 2.05) is 32.9 Å². The zero-order valence-electron chi connectivity index (χ0n) is 63.8. The van der Waals surface area contributed by atoms with Gasteiger partial charge in [0.25, 0.3) is 23.7 Å². The number of amides is 4. The molecule has 8 unspecified atom stereocenters. The molecule has 4 aromatic carbocycles. The number of rotatable bonds is 16. The predicted molar refractivity (Wildman–Crippen MR) is 393 cm³/mol. The number of nitrogens with one attached hydrogen (secondary N) is 4. The van der Waals surface area contributed by atoms with E-state index in [9.17, 15) is 104 Å². The van der Waals surface area contributed by atoms with E-state index in [2.05, 4.69) is 46.0 Å². The molecule has 0 aliphatic heterocycles. The molecule has 620 valence electrons. The summed E-state index contributed by atoms with van der Waals surface area (Å²) in [6.45, 7) is 17.9. The lowest BCUT2D eigenvalue weighted by atomic mass is 9.67. The molecule has 116 heavy (non-hydrogen) atoms. The van der Waals surface area contributed by atoms with Gasteiger partial charge in [-0.2, -0.15) is 10.5 Å². The van der Waals surface area contributed by atoms with Gasteiger partial charge in [-0.15, -0.1) is 0 Å². The topological polar surface area (TPSA) is 240 Å². The van der Waals surface area contributed by atoms with Crippen LogP contribution in [0.5, 0.6) is 0 Å². The second-order valence-corrected chi connectivity index (χ2v) is 34.2. The third kappa shape index (κ3) is 14.1. The van der Waals surface area contributed by atoms with Crippen LogP contribution >= 0.6 is 11.6 Å². The van der Waals surface area contributed by atoms with Gasteiger partial charge < -0.3 is 18.3 Å². The van der Waals surface area contributed by atoms with E-state index in [1.165, 1.54) is 28.8 Å². The molecule has 8 fully saturated rings. The van der Waals surface area contributed by atoms with Crippen molar-refractivity contribution in [3.8, 4) is 12.1 Å². The summed E-state index contributed by atoms with van der Waals surface area (Å²) < 4.78 is 241. The fourth-order valence-corrected chi connectivity index (χ4v) is 17.2. The Labute approximate surface area is 657 Å². The monoisotopic (exact) mass is 1660 g/mol. The zero-order valence-corrected chi connectivity index (χ0v) is 64.6. The van der Waals surface area contributed by atoms with E-state index in [0.717, 1.165) is 110 Å². The number of fused-ring (bicyclic) bond motifs is 4. The molecule has 4 N–H and O–H groups in total. The summed E-state index contributed by atoms with van der Waals surface area (Å²) in [5.41, 5.74) is -11.5. The lowest BCUT2D eigenvalue weighted by Crippen LogP contribution is -2.60. The van der Waals surface area contributed by atoms with Crippen molar-refractivity contribution in [2.45, 2.75) is 252 Å². The van der Waals surface area contributed by atoms with Crippen molar-refractivity contribution in [2.75, 3.05) is 21.3 Å². The van der Waals surface area contributed by atoms with E-state index in [0.29, 0.717) is 34.9 Å². The number of halogens is 18. The molecule has 8 saturated carbocycles. The van der Waals surface area contributed by atoms with E-state index >= 15 is 0 Å². The molecule has 4 amide bonds. The molecule has 4 aromatic heterocycles. The lowest BCUT2D eigenvalue weighted by Gasteiger charge is -2.47. The predicted octanol–water partition coefficient (Wildman–Crippen LogP) is 20.2. The number of benzene rings is 4. The van der Waals surface area contributed by atoms with Gasteiger partial charge in [-0.1, -0.05) is 11.6 Å². The van der Waals surface area contributed by atoms with Crippen LogP contribution in [0.15, 0.2) is 42.5 Å². The van der Waals surface area contributed by atoms with Crippen LogP contribution < -0.4 is 21.3 Å². The Morgan fingerprint density at radius 1 is 0.440 bits per heavy atom. The smallest absolute Gasteiger partial charge is 0.281 e. The number of alkyl halides is 12. The first-order valence-electron chi connectivity index (χ1n) is 37.7. The largest absolute Gasteiger partial charge is 0.304 e. The van der Waals surface area contributed by atoms with Crippen LogP contribution in [0.1, 0.15) is 195 Å². The van der Waals surface area contributed by atoms with Crippen molar-refractivity contribution in [1.29, 1.82) is 10.5 Å².